The third-order valence-electron chi connectivity index (χ3n) is 2.85. The molecular weight excluding hydrogens is 186 g/mol. The minimum atomic E-state index is -2.66. The first-order chi connectivity index (χ1) is 6.62. The fraction of sp³-hybridized carbons (Fsp3) is 0.455. The Morgan fingerprint density at radius 1 is 1.21 bits per heavy atom. The number of hydrogen-bond donors (Lipinski definition) is 1. The monoisotopic (exact) mass is 198 g/mol. The van der Waals surface area contributed by atoms with Gasteiger partial charge in [-0.15, -0.1) is 0 Å². The molecule has 1 aromatic carbocycles. The summed E-state index contributed by atoms with van der Waals surface area (Å²) in [6.45, 7) is 0. The Kier molecular flexibility index (Phi) is 2.27. The number of hydrogen-bond acceptors (Lipinski definition) is 1. The summed E-state index contributed by atoms with van der Waals surface area (Å²) in [6.07, 6.45) is -1.89. The molecule has 1 nitrogen and oxygen atoms in total. The van der Waals surface area contributed by atoms with Crippen molar-refractivity contribution in [2.75, 3.05) is 0 Å². The van der Waals surface area contributed by atoms with Gasteiger partial charge in [0.2, 0.25) is 0 Å². The molecule has 2 rings (SSSR count). The molecule has 3 heteroatoms. The van der Waals surface area contributed by atoms with Gasteiger partial charge in [0.25, 0.3) is 6.43 Å². The van der Waals surface area contributed by atoms with Crippen LogP contribution in [0.3, 0.4) is 0 Å². The number of rotatable bonds is 1. The molecule has 0 aromatic heterocycles. The summed E-state index contributed by atoms with van der Waals surface area (Å²) in [5.74, 6) is 0. The van der Waals surface area contributed by atoms with Crippen molar-refractivity contribution >= 4 is 0 Å². The van der Waals surface area contributed by atoms with Crippen molar-refractivity contribution in [2.24, 2.45) is 0 Å². The number of halogens is 2. The smallest absolute Gasteiger partial charge is 0.267 e. The zero-order valence-corrected chi connectivity index (χ0v) is 7.71. The number of benzene rings is 1. The van der Waals surface area contributed by atoms with E-state index in [0.29, 0.717) is 6.42 Å². The van der Waals surface area contributed by atoms with Gasteiger partial charge < -0.3 is 5.11 Å². The largest absolute Gasteiger partial charge is 0.384 e. The van der Waals surface area contributed by atoms with Crippen molar-refractivity contribution in [3.63, 3.8) is 0 Å². The predicted molar refractivity (Wildman–Crippen MR) is 49.4 cm³/mol. The predicted octanol–water partition coefficient (Wildman–Crippen LogP) is 2.17. The molecule has 1 aliphatic carbocycles. The van der Waals surface area contributed by atoms with E-state index < -0.39 is 12.0 Å². The topological polar surface area (TPSA) is 20.2 Å². The van der Waals surface area contributed by atoms with Gasteiger partial charge in [0, 0.05) is 6.42 Å². The molecule has 1 aromatic rings. The Morgan fingerprint density at radius 2 is 1.86 bits per heavy atom. The Bertz CT molecular complexity index is 338. The molecular formula is C11H12F2O. The van der Waals surface area contributed by atoms with Crippen LogP contribution in [0.25, 0.3) is 0 Å². The lowest BCUT2D eigenvalue weighted by Gasteiger charge is -2.32. The molecule has 0 radical (unpaired) electrons. The minimum absolute atomic E-state index is 0.0703. The Balaban J connectivity index is 2.29. The number of alkyl halides is 2. The third-order valence-corrected chi connectivity index (χ3v) is 2.85. The van der Waals surface area contributed by atoms with Crippen LogP contribution in [0.15, 0.2) is 24.3 Å². The molecule has 1 atom stereocenters. The van der Waals surface area contributed by atoms with Gasteiger partial charge in [-0.1, -0.05) is 24.3 Å². The van der Waals surface area contributed by atoms with Gasteiger partial charge in [0.1, 0.15) is 5.60 Å². The second-order valence-electron chi connectivity index (χ2n) is 3.85. The van der Waals surface area contributed by atoms with Gasteiger partial charge in [-0.05, 0) is 24.0 Å². The first-order valence-corrected chi connectivity index (χ1v) is 4.69. The number of fused-ring (bicyclic) bond motifs is 1. The van der Waals surface area contributed by atoms with E-state index in [0.717, 1.165) is 11.1 Å². The van der Waals surface area contributed by atoms with Crippen LogP contribution in [0, 0.1) is 0 Å². The van der Waals surface area contributed by atoms with Gasteiger partial charge in [0.05, 0.1) is 0 Å². The number of aliphatic hydroxyl groups is 1. The standard InChI is InChI=1S/C11H12F2O/c12-10(13)11(14)6-5-8-3-1-2-4-9(8)7-11/h1-4,10,14H,5-7H2. The van der Waals surface area contributed by atoms with Crippen LogP contribution in [0.4, 0.5) is 8.78 Å². The van der Waals surface area contributed by atoms with Crippen molar-refractivity contribution in [2.45, 2.75) is 31.3 Å². The molecule has 0 amide bonds. The van der Waals surface area contributed by atoms with E-state index in [1.54, 1.807) is 0 Å². The SMILES string of the molecule is OC1(C(F)F)CCc2ccccc2C1. The Labute approximate surface area is 81.4 Å². The minimum Gasteiger partial charge on any atom is -0.384 e. The second kappa shape index (κ2) is 3.31. The summed E-state index contributed by atoms with van der Waals surface area (Å²) >= 11 is 0. The average molecular weight is 198 g/mol. The van der Waals surface area contributed by atoms with E-state index in [-0.39, 0.29) is 12.8 Å². The van der Waals surface area contributed by atoms with E-state index in [1.165, 1.54) is 0 Å². The first-order valence-electron chi connectivity index (χ1n) is 4.69. The van der Waals surface area contributed by atoms with Crippen LogP contribution in [0.1, 0.15) is 17.5 Å². The lowest BCUT2D eigenvalue weighted by molar-refractivity contribution is -0.103. The van der Waals surface area contributed by atoms with Crippen molar-refractivity contribution in [3.8, 4) is 0 Å². The fourth-order valence-electron chi connectivity index (χ4n) is 1.93. The van der Waals surface area contributed by atoms with E-state index in [4.69, 9.17) is 0 Å². The van der Waals surface area contributed by atoms with Gasteiger partial charge >= 0.3 is 0 Å². The van der Waals surface area contributed by atoms with Crippen molar-refractivity contribution < 1.29 is 13.9 Å². The van der Waals surface area contributed by atoms with Crippen LogP contribution >= 0.6 is 0 Å². The third kappa shape index (κ3) is 1.52. The van der Waals surface area contributed by atoms with Crippen LogP contribution in [0.5, 0.6) is 0 Å². The lowest BCUT2D eigenvalue weighted by atomic mass is 9.81. The van der Waals surface area contributed by atoms with Gasteiger partial charge in [-0.3, -0.25) is 0 Å². The molecule has 0 heterocycles. The highest BCUT2D eigenvalue weighted by Crippen LogP contribution is 2.32. The highest BCUT2D eigenvalue weighted by Gasteiger charge is 2.40. The maximum absolute atomic E-state index is 12.5. The van der Waals surface area contributed by atoms with E-state index in [2.05, 4.69) is 0 Å². The summed E-state index contributed by atoms with van der Waals surface area (Å²) in [5, 5.41) is 9.65. The van der Waals surface area contributed by atoms with Gasteiger partial charge in [-0.2, -0.15) is 0 Å². The van der Waals surface area contributed by atoms with Crippen LogP contribution < -0.4 is 0 Å². The molecule has 14 heavy (non-hydrogen) atoms. The van der Waals surface area contributed by atoms with Gasteiger partial charge in [0.15, 0.2) is 0 Å². The highest BCUT2D eigenvalue weighted by atomic mass is 19.3. The summed E-state index contributed by atoms with van der Waals surface area (Å²) in [7, 11) is 0. The molecule has 0 fully saturated rings. The molecule has 0 aliphatic heterocycles. The van der Waals surface area contributed by atoms with Crippen LogP contribution in [-0.2, 0) is 12.8 Å². The highest BCUT2D eigenvalue weighted by molar-refractivity contribution is 5.31. The molecule has 0 saturated carbocycles. The average Bonchev–Trinajstić information content (AvgIpc) is 2.17. The van der Waals surface area contributed by atoms with Gasteiger partial charge in [-0.25, -0.2) is 8.78 Å². The molecule has 1 aliphatic rings. The fourth-order valence-corrected chi connectivity index (χ4v) is 1.93. The summed E-state index contributed by atoms with van der Waals surface area (Å²) in [6, 6.07) is 7.45. The van der Waals surface area contributed by atoms with E-state index in [1.807, 2.05) is 24.3 Å². The lowest BCUT2D eigenvalue weighted by Crippen LogP contribution is -2.42. The summed E-state index contributed by atoms with van der Waals surface area (Å²) in [5.41, 5.74) is 0.119. The van der Waals surface area contributed by atoms with Crippen molar-refractivity contribution in [1.82, 2.24) is 0 Å². The maximum Gasteiger partial charge on any atom is 0.267 e. The Hall–Kier alpha value is -0.960. The summed E-state index contributed by atoms with van der Waals surface area (Å²) in [4.78, 5) is 0. The molecule has 0 bridgehead atoms. The molecule has 76 valence electrons. The molecule has 1 unspecified atom stereocenters. The molecule has 0 saturated heterocycles. The normalized spacial score (nSPS) is 26.3. The zero-order valence-electron chi connectivity index (χ0n) is 7.71. The van der Waals surface area contributed by atoms with Crippen LogP contribution in [-0.4, -0.2) is 17.1 Å². The second-order valence-corrected chi connectivity index (χ2v) is 3.85. The van der Waals surface area contributed by atoms with E-state index in [9.17, 15) is 13.9 Å². The molecule has 0 spiro atoms. The first kappa shape index (κ1) is 9.59. The van der Waals surface area contributed by atoms with E-state index >= 15 is 0 Å². The quantitative estimate of drug-likeness (QED) is 0.733. The van der Waals surface area contributed by atoms with Crippen molar-refractivity contribution in [3.05, 3.63) is 35.4 Å². The number of aryl methyl sites for hydroxylation is 1. The summed E-state index contributed by atoms with van der Waals surface area (Å²) < 4.78 is 25.1. The molecule has 1 N–H and O–H groups in total. The van der Waals surface area contributed by atoms with Crippen LogP contribution in [0.2, 0.25) is 0 Å². The van der Waals surface area contributed by atoms with Crippen molar-refractivity contribution in [1.29, 1.82) is 0 Å². The Morgan fingerprint density at radius 3 is 2.50 bits per heavy atom. The zero-order chi connectivity index (χ0) is 10.2. The maximum atomic E-state index is 12.5.